The number of hydrogen-bond donors (Lipinski definition) is 2. The molecular formula is C12H10BrF3N2O3. The van der Waals surface area contributed by atoms with Crippen LogP contribution in [-0.2, 0) is 21.4 Å². The van der Waals surface area contributed by atoms with E-state index in [4.69, 9.17) is 4.74 Å². The van der Waals surface area contributed by atoms with Crippen LogP contribution >= 0.6 is 15.9 Å². The molecule has 2 N–H and O–H groups in total. The van der Waals surface area contributed by atoms with Crippen LogP contribution in [0.2, 0.25) is 0 Å². The standard InChI is InChI=1S/C12H10BrF3N2O3/c1-5-9(21-2)11(20,18-10(5)19)8-3-6(12(14,15)16)7(13)4-17-8/h3-4,20H,1-2H3,(H,18,19). The summed E-state index contributed by atoms with van der Waals surface area (Å²) >= 11 is 2.75. The zero-order valence-corrected chi connectivity index (χ0v) is 12.5. The predicted octanol–water partition coefficient (Wildman–Crippen LogP) is 2.06. The van der Waals surface area contributed by atoms with Crippen LogP contribution in [0, 0.1) is 0 Å². The molecule has 2 rings (SSSR count). The topological polar surface area (TPSA) is 71.5 Å². The Morgan fingerprint density at radius 2 is 2.10 bits per heavy atom. The number of carbonyl (C=O) groups is 1. The highest BCUT2D eigenvalue weighted by atomic mass is 79.9. The number of methoxy groups -OCH3 is 1. The first-order valence-corrected chi connectivity index (χ1v) is 6.44. The highest BCUT2D eigenvalue weighted by Gasteiger charge is 2.47. The molecular weight excluding hydrogens is 357 g/mol. The Kier molecular flexibility index (Phi) is 3.75. The number of rotatable bonds is 2. The lowest BCUT2D eigenvalue weighted by Crippen LogP contribution is -2.43. The lowest BCUT2D eigenvalue weighted by molar-refractivity contribution is -0.138. The minimum atomic E-state index is -4.64. The third-order valence-corrected chi connectivity index (χ3v) is 3.67. The Morgan fingerprint density at radius 1 is 1.48 bits per heavy atom. The molecule has 2 heterocycles. The number of amides is 1. The van der Waals surface area contributed by atoms with E-state index in [1.54, 1.807) is 0 Å². The summed E-state index contributed by atoms with van der Waals surface area (Å²) in [6, 6.07) is 0.655. The highest BCUT2D eigenvalue weighted by Crippen LogP contribution is 2.39. The van der Waals surface area contributed by atoms with Crippen LogP contribution in [0.1, 0.15) is 18.2 Å². The molecule has 5 nitrogen and oxygen atoms in total. The van der Waals surface area contributed by atoms with Gasteiger partial charge in [-0.25, -0.2) is 0 Å². The van der Waals surface area contributed by atoms with Crippen molar-refractivity contribution < 1.29 is 27.8 Å². The van der Waals surface area contributed by atoms with Gasteiger partial charge in [0.1, 0.15) is 5.69 Å². The van der Waals surface area contributed by atoms with E-state index in [9.17, 15) is 23.1 Å². The van der Waals surface area contributed by atoms with E-state index in [1.807, 2.05) is 0 Å². The molecule has 21 heavy (non-hydrogen) atoms. The van der Waals surface area contributed by atoms with Crippen molar-refractivity contribution >= 4 is 21.8 Å². The number of halogens is 4. The van der Waals surface area contributed by atoms with E-state index in [0.29, 0.717) is 6.07 Å². The van der Waals surface area contributed by atoms with Gasteiger partial charge in [0.15, 0.2) is 5.76 Å². The number of hydrogen-bond acceptors (Lipinski definition) is 4. The summed E-state index contributed by atoms with van der Waals surface area (Å²) in [5.41, 5.74) is -3.56. The summed E-state index contributed by atoms with van der Waals surface area (Å²) in [6.07, 6.45) is -3.73. The van der Waals surface area contributed by atoms with Crippen molar-refractivity contribution in [1.29, 1.82) is 0 Å². The molecule has 0 spiro atoms. The fraction of sp³-hybridized carbons (Fsp3) is 0.333. The van der Waals surface area contributed by atoms with Gasteiger partial charge >= 0.3 is 6.18 Å². The first-order valence-electron chi connectivity index (χ1n) is 5.64. The van der Waals surface area contributed by atoms with E-state index in [2.05, 4.69) is 26.2 Å². The first-order chi connectivity index (χ1) is 9.61. The van der Waals surface area contributed by atoms with Crippen LogP contribution in [0.4, 0.5) is 13.2 Å². The number of aromatic nitrogens is 1. The first kappa shape index (κ1) is 15.8. The van der Waals surface area contributed by atoms with Crippen LogP contribution in [-0.4, -0.2) is 23.1 Å². The van der Waals surface area contributed by atoms with Gasteiger partial charge in [-0.2, -0.15) is 13.2 Å². The summed E-state index contributed by atoms with van der Waals surface area (Å²) in [6.45, 7) is 1.38. The van der Waals surface area contributed by atoms with E-state index < -0.39 is 23.4 Å². The van der Waals surface area contributed by atoms with Gasteiger partial charge in [-0.05, 0) is 28.9 Å². The van der Waals surface area contributed by atoms with Gasteiger partial charge in [0.05, 0.1) is 18.2 Å². The Hall–Kier alpha value is -1.61. The normalized spacial score (nSPS) is 22.5. The van der Waals surface area contributed by atoms with Crippen LogP contribution in [0.15, 0.2) is 28.1 Å². The minimum absolute atomic E-state index is 0.0678. The molecule has 0 saturated heterocycles. The zero-order valence-electron chi connectivity index (χ0n) is 10.9. The Labute approximate surface area is 125 Å². The van der Waals surface area contributed by atoms with Crippen molar-refractivity contribution in [1.82, 2.24) is 10.3 Å². The average molecular weight is 367 g/mol. The van der Waals surface area contributed by atoms with Gasteiger partial charge in [0.25, 0.3) is 5.91 Å². The van der Waals surface area contributed by atoms with Gasteiger partial charge in [-0.1, -0.05) is 0 Å². The minimum Gasteiger partial charge on any atom is -0.495 e. The number of aliphatic hydroxyl groups is 1. The Balaban J connectivity index is 2.60. The number of nitrogens with zero attached hydrogens (tertiary/aromatic N) is 1. The van der Waals surface area contributed by atoms with Crippen LogP contribution in [0.5, 0.6) is 0 Å². The largest absolute Gasteiger partial charge is 0.495 e. The van der Waals surface area contributed by atoms with Crippen LogP contribution in [0.25, 0.3) is 0 Å². The maximum Gasteiger partial charge on any atom is 0.417 e. The number of nitrogens with one attached hydrogen (secondary N) is 1. The zero-order chi connectivity index (χ0) is 16.0. The van der Waals surface area contributed by atoms with Crippen LogP contribution < -0.4 is 5.32 Å². The second-order valence-electron chi connectivity index (χ2n) is 4.37. The summed E-state index contributed by atoms with van der Waals surface area (Å²) in [7, 11) is 1.20. The molecule has 1 aromatic rings. The van der Waals surface area contributed by atoms with E-state index >= 15 is 0 Å². The monoisotopic (exact) mass is 366 g/mol. The lowest BCUT2D eigenvalue weighted by atomic mass is 10.0. The van der Waals surface area contributed by atoms with Crippen molar-refractivity contribution in [2.75, 3.05) is 7.11 Å². The molecule has 1 aliphatic rings. The van der Waals surface area contributed by atoms with E-state index in [1.165, 1.54) is 14.0 Å². The van der Waals surface area contributed by atoms with Crippen molar-refractivity contribution in [3.05, 3.63) is 39.3 Å². The predicted molar refractivity (Wildman–Crippen MR) is 68.7 cm³/mol. The average Bonchev–Trinajstić information content (AvgIpc) is 2.59. The molecule has 1 unspecified atom stereocenters. The Bertz CT molecular complexity index is 645. The molecule has 114 valence electrons. The molecule has 0 fully saturated rings. The third kappa shape index (κ3) is 2.51. The molecule has 0 bridgehead atoms. The Morgan fingerprint density at radius 3 is 2.62 bits per heavy atom. The SMILES string of the molecule is COC1=C(C)C(=O)NC1(O)c1cc(C(F)(F)F)c(Br)cn1. The molecule has 1 aliphatic heterocycles. The van der Waals surface area contributed by atoms with Gasteiger partial charge in [0.2, 0.25) is 5.72 Å². The molecule has 0 aliphatic carbocycles. The fourth-order valence-corrected chi connectivity index (χ4v) is 2.47. The fourth-order valence-electron chi connectivity index (χ4n) is 2.02. The maximum absolute atomic E-state index is 12.9. The number of pyridine rings is 1. The van der Waals surface area contributed by atoms with E-state index in [-0.39, 0.29) is 21.5 Å². The van der Waals surface area contributed by atoms with Crippen molar-refractivity contribution in [3.8, 4) is 0 Å². The molecule has 0 radical (unpaired) electrons. The second-order valence-corrected chi connectivity index (χ2v) is 5.22. The quantitative estimate of drug-likeness (QED) is 0.840. The molecule has 1 aromatic heterocycles. The van der Waals surface area contributed by atoms with Crippen LogP contribution in [0.3, 0.4) is 0 Å². The highest BCUT2D eigenvalue weighted by molar-refractivity contribution is 9.10. The van der Waals surface area contributed by atoms with Gasteiger partial charge in [-0.15, -0.1) is 0 Å². The van der Waals surface area contributed by atoms with Gasteiger partial charge < -0.3 is 15.2 Å². The van der Waals surface area contributed by atoms with Crippen molar-refractivity contribution in [2.45, 2.75) is 18.8 Å². The maximum atomic E-state index is 12.9. The molecule has 1 atom stereocenters. The second kappa shape index (κ2) is 4.99. The van der Waals surface area contributed by atoms with Crippen molar-refractivity contribution in [3.63, 3.8) is 0 Å². The summed E-state index contributed by atoms with van der Waals surface area (Å²) in [5.74, 6) is -0.830. The molecule has 1 amide bonds. The summed E-state index contributed by atoms with van der Waals surface area (Å²) in [5, 5.41) is 12.7. The smallest absolute Gasteiger partial charge is 0.417 e. The molecule has 0 saturated carbocycles. The van der Waals surface area contributed by atoms with Gasteiger partial charge in [-0.3, -0.25) is 9.78 Å². The van der Waals surface area contributed by atoms with E-state index in [0.717, 1.165) is 6.20 Å². The van der Waals surface area contributed by atoms with Crippen molar-refractivity contribution in [2.24, 2.45) is 0 Å². The number of alkyl halides is 3. The summed E-state index contributed by atoms with van der Waals surface area (Å²) < 4.78 is 43.4. The lowest BCUT2D eigenvalue weighted by Gasteiger charge is -2.25. The molecule has 9 heteroatoms. The van der Waals surface area contributed by atoms with Gasteiger partial charge in [0, 0.05) is 10.7 Å². The number of carbonyl (C=O) groups excluding carboxylic acids is 1. The number of ether oxygens (including phenoxy) is 1. The molecule has 0 aromatic carbocycles. The third-order valence-electron chi connectivity index (χ3n) is 3.04. The summed E-state index contributed by atoms with van der Waals surface area (Å²) in [4.78, 5) is 15.4.